The molecule has 0 saturated heterocycles. The van der Waals surface area contributed by atoms with Crippen molar-refractivity contribution in [3.8, 4) is 11.5 Å². The molecule has 0 aromatic heterocycles. The van der Waals surface area contributed by atoms with Gasteiger partial charge in [-0.1, -0.05) is 23.8 Å². The summed E-state index contributed by atoms with van der Waals surface area (Å²) in [5.41, 5.74) is 7.34. The van der Waals surface area contributed by atoms with Crippen LogP contribution in [0.1, 0.15) is 17.0 Å². The summed E-state index contributed by atoms with van der Waals surface area (Å²) in [5.74, 6) is 0.894. The van der Waals surface area contributed by atoms with Gasteiger partial charge in [0.25, 0.3) is 0 Å². The van der Waals surface area contributed by atoms with E-state index in [0.717, 1.165) is 11.1 Å². The second-order valence-electron chi connectivity index (χ2n) is 6.91. The van der Waals surface area contributed by atoms with E-state index in [9.17, 15) is 8.42 Å². The normalized spacial score (nSPS) is 26.7. The number of fused-ring (bicyclic) bond motifs is 1. The van der Waals surface area contributed by atoms with Crippen molar-refractivity contribution >= 4 is 9.84 Å². The smallest absolute Gasteiger partial charge is 0.231 e. The summed E-state index contributed by atoms with van der Waals surface area (Å²) in [6, 6.07) is 12.3. The minimum absolute atomic E-state index is 0.155. The summed E-state index contributed by atoms with van der Waals surface area (Å²) in [6.07, 6.45) is 0. The van der Waals surface area contributed by atoms with Crippen molar-refractivity contribution in [2.24, 2.45) is 5.73 Å². The standard InChI is InChI=1S/C19H21NO5S/c1-12-3-6-14(7-4-12)26(21,22)18-17(19(18,20)10-23-2)13-5-8-15-16(9-13)25-11-24-15/h3-9,17-18H,10-11,20H2,1-2H3/t17-,18-,19+/m0/s1. The van der Waals surface area contributed by atoms with Crippen LogP contribution >= 0.6 is 0 Å². The fourth-order valence-corrected chi connectivity index (χ4v) is 6.07. The van der Waals surface area contributed by atoms with Crippen molar-refractivity contribution < 1.29 is 22.6 Å². The van der Waals surface area contributed by atoms with Crippen LogP contribution in [0.15, 0.2) is 47.4 Å². The number of hydrogen-bond acceptors (Lipinski definition) is 6. The average Bonchev–Trinajstić information content (AvgIpc) is 2.99. The van der Waals surface area contributed by atoms with E-state index in [1.807, 2.05) is 19.1 Å². The Bertz CT molecular complexity index is 941. The molecule has 3 atom stereocenters. The maximum absolute atomic E-state index is 13.2. The Balaban J connectivity index is 1.73. The third kappa shape index (κ3) is 2.58. The molecule has 1 saturated carbocycles. The minimum Gasteiger partial charge on any atom is -0.454 e. The lowest BCUT2D eigenvalue weighted by Crippen LogP contribution is -2.35. The molecule has 6 nitrogen and oxygen atoms in total. The van der Waals surface area contributed by atoms with Crippen molar-refractivity contribution in [1.82, 2.24) is 0 Å². The second-order valence-corrected chi connectivity index (χ2v) is 8.98. The molecule has 0 spiro atoms. The fraction of sp³-hybridized carbons (Fsp3) is 0.368. The first-order valence-electron chi connectivity index (χ1n) is 8.36. The van der Waals surface area contributed by atoms with Crippen LogP contribution in [-0.2, 0) is 14.6 Å². The van der Waals surface area contributed by atoms with Gasteiger partial charge >= 0.3 is 0 Å². The van der Waals surface area contributed by atoms with Crippen molar-refractivity contribution in [2.45, 2.75) is 28.5 Å². The topological polar surface area (TPSA) is 87.8 Å². The molecule has 0 radical (unpaired) electrons. The van der Waals surface area contributed by atoms with E-state index in [-0.39, 0.29) is 24.2 Å². The summed E-state index contributed by atoms with van der Waals surface area (Å²) < 4.78 is 42.4. The Hall–Kier alpha value is -2.09. The summed E-state index contributed by atoms with van der Waals surface area (Å²) in [5, 5.41) is -0.752. The van der Waals surface area contributed by atoms with Crippen LogP contribution in [0, 0.1) is 6.92 Å². The van der Waals surface area contributed by atoms with Crippen molar-refractivity contribution in [1.29, 1.82) is 0 Å². The Morgan fingerprint density at radius 1 is 1.15 bits per heavy atom. The van der Waals surface area contributed by atoms with E-state index in [0.29, 0.717) is 11.5 Å². The SMILES string of the molecule is COC[C@@]1(N)[C@@H](c2ccc3c(c2)OCO3)[C@@H]1S(=O)(=O)c1ccc(C)cc1. The van der Waals surface area contributed by atoms with E-state index in [2.05, 4.69) is 0 Å². The van der Waals surface area contributed by atoms with Crippen LogP contribution in [0.2, 0.25) is 0 Å². The molecule has 1 fully saturated rings. The zero-order chi connectivity index (χ0) is 18.5. The molecule has 1 heterocycles. The highest BCUT2D eigenvalue weighted by Crippen LogP contribution is 2.56. The van der Waals surface area contributed by atoms with Gasteiger partial charge in [0, 0.05) is 13.0 Å². The molecule has 26 heavy (non-hydrogen) atoms. The molecule has 0 unspecified atom stereocenters. The largest absolute Gasteiger partial charge is 0.454 e. The van der Waals surface area contributed by atoms with Gasteiger partial charge in [0.15, 0.2) is 21.3 Å². The molecule has 0 amide bonds. The van der Waals surface area contributed by atoms with Crippen LogP contribution in [-0.4, -0.2) is 39.7 Å². The molecule has 138 valence electrons. The van der Waals surface area contributed by atoms with Crippen molar-refractivity contribution in [2.75, 3.05) is 20.5 Å². The number of aryl methyl sites for hydroxylation is 1. The molecule has 1 aliphatic carbocycles. The Morgan fingerprint density at radius 3 is 2.54 bits per heavy atom. The quantitative estimate of drug-likeness (QED) is 0.860. The fourth-order valence-electron chi connectivity index (χ4n) is 3.78. The summed E-state index contributed by atoms with van der Waals surface area (Å²) in [6.45, 7) is 2.24. The van der Waals surface area contributed by atoms with E-state index in [1.165, 1.54) is 7.11 Å². The third-order valence-electron chi connectivity index (χ3n) is 5.14. The highest BCUT2D eigenvalue weighted by Gasteiger charge is 2.69. The number of benzene rings is 2. The number of hydrogen-bond donors (Lipinski definition) is 1. The molecular formula is C19H21NO5S. The second kappa shape index (κ2) is 5.97. The monoisotopic (exact) mass is 375 g/mol. The summed E-state index contributed by atoms with van der Waals surface area (Å²) in [7, 11) is -2.07. The highest BCUT2D eigenvalue weighted by atomic mass is 32.2. The van der Waals surface area contributed by atoms with Gasteiger partial charge in [-0.15, -0.1) is 0 Å². The molecule has 2 N–H and O–H groups in total. The predicted octanol–water partition coefficient (Wildman–Crippen LogP) is 2.01. The highest BCUT2D eigenvalue weighted by molar-refractivity contribution is 7.92. The van der Waals surface area contributed by atoms with Crippen LogP contribution in [0.3, 0.4) is 0 Å². The van der Waals surface area contributed by atoms with Crippen LogP contribution < -0.4 is 15.2 Å². The van der Waals surface area contributed by atoms with Crippen LogP contribution in [0.5, 0.6) is 11.5 Å². The molecule has 4 rings (SSSR count). The van der Waals surface area contributed by atoms with E-state index < -0.39 is 20.6 Å². The Morgan fingerprint density at radius 2 is 1.85 bits per heavy atom. The number of ether oxygens (including phenoxy) is 3. The lowest BCUT2D eigenvalue weighted by molar-refractivity contribution is 0.171. The first kappa shape index (κ1) is 17.3. The lowest BCUT2D eigenvalue weighted by atomic mass is 10.1. The maximum Gasteiger partial charge on any atom is 0.231 e. The van der Waals surface area contributed by atoms with Gasteiger partial charge in [-0.3, -0.25) is 0 Å². The van der Waals surface area contributed by atoms with Gasteiger partial charge in [0.1, 0.15) is 0 Å². The first-order chi connectivity index (χ1) is 12.4. The average molecular weight is 375 g/mol. The first-order valence-corrected chi connectivity index (χ1v) is 9.90. The van der Waals surface area contributed by atoms with Crippen LogP contribution in [0.4, 0.5) is 0 Å². The Kier molecular flexibility index (Phi) is 3.98. The van der Waals surface area contributed by atoms with E-state index in [1.54, 1.807) is 30.3 Å². The Labute approximate surface area is 152 Å². The van der Waals surface area contributed by atoms with Gasteiger partial charge in [0.2, 0.25) is 6.79 Å². The molecule has 7 heteroatoms. The molecule has 0 bridgehead atoms. The number of rotatable bonds is 5. The summed E-state index contributed by atoms with van der Waals surface area (Å²) >= 11 is 0. The van der Waals surface area contributed by atoms with Gasteiger partial charge in [-0.25, -0.2) is 8.42 Å². The molecular weight excluding hydrogens is 354 g/mol. The zero-order valence-corrected chi connectivity index (χ0v) is 15.5. The molecule has 2 aromatic rings. The number of methoxy groups -OCH3 is 1. The number of nitrogens with two attached hydrogens (primary N) is 1. The van der Waals surface area contributed by atoms with E-state index in [4.69, 9.17) is 19.9 Å². The molecule has 2 aliphatic rings. The zero-order valence-electron chi connectivity index (χ0n) is 14.6. The lowest BCUT2D eigenvalue weighted by Gasteiger charge is -2.11. The van der Waals surface area contributed by atoms with Gasteiger partial charge in [0.05, 0.1) is 22.3 Å². The molecule has 2 aromatic carbocycles. The predicted molar refractivity (Wildman–Crippen MR) is 96.3 cm³/mol. The van der Waals surface area contributed by atoms with Gasteiger partial charge < -0.3 is 19.9 Å². The summed E-state index contributed by atoms with van der Waals surface area (Å²) in [4.78, 5) is 0.280. The maximum atomic E-state index is 13.2. The van der Waals surface area contributed by atoms with Crippen molar-refractivity contribution in [3.05, 3.63) is 53.6 Å². The van der Waals surface area contributed by atoms with Gasteiger partial charge in [-0.05, 0) is 36.8 Å². The van der Waals surface area contributed by atoms with Crippen molar-refractivity contribution in [3.63, 3.8) is 0 Å². The third-order valence-corrected chi connectivity index (χ3v) is 7.45. The minimum atomic E-state index is -3.60. The van der Waals surface area contributed by atoms with Gasteiger partial charge in [-0.2, -0.15) is 0 Å². The molecule has 1 aliphatic heterocycles. The van der Waals surface area contributed by atoms with E-state index >= 15 is 0 Å². The van der Waals surface area contributed by atoms with Crippen LogP contribution in [0.25, 0.3) is 0 Å². The number of sulfone groups is 1.